The molecule has 0 aromatic heterocycles. The zero-order valence-corrected chi connectivity index (χ0v) is 15.8. The molecule has 2 aromatic rings. The van der Waals surface area contributed by atoms with Gasteiger partial charge in [0.2, 0.25) is 0 Å². The van der Waals surface area contributed by atoms with Crippen LogP contribution in [0, 0.1) is 6.92 Å². The summed E-state index contributed by atoms with van der Waals surface area (Å²) in [7, 11) is 1.71. The van der Waals surface area contributed by atoms with Crippen molar-refractivity contribution in [3.63, 3.8) is 0 Å². The lowest BCUT2D eigenvalue weighted by Gasteiger charge is -2.07. The lowest BCUT2D eigenvalue weighted by molar-refractivity contribution is -0.121. The summed E-state index contributed by atoms with van der Waals surface area (Å²) in [5.41, 5.74) is 7.87. The molecule has 0 bridgehead atoms. The van der Waals surface area contributed by atoms with Crippen LogP contribution < -0.4 is 10.5 Å². The number of carbonyl (C=O) groups excluding carboxylic acids is 2. The highest BCUT2D eigenvalue weighted by molar-refractivity contribution is 8.18. The molecule has 27 heavy (non-hydrogen) atoms. The second kappa shape index (κ2) is 8.09. The van der Waals surface area contributed by atoms with E-state index in [0.717, 1.165) is 16.8 Å². The van der Waals surface area contributed by atoms with Gasteiger partial charge in [-0.1, -0.05) is 29.8 Å². The predicted octanol–water partition coefficient (Wildman–Crippen LogP) is 3.09. The molecule has 0 saturated carbocycles. The molecule has 1 aliphatic rings. The second-order valence-corrected chi connectivity index (χ2v) is 7.04. The first-order valence-corrected chi connectivity index (χ1v) is 9.08. The first-order chi connectivity index (χ1) is 12.9. The first kappa shape index (κ1) is 18.7. The molecule has 6 nitrogen and oxygen atoms in total. The van der Waals surface area contributed by atoms with Gasteiger partial charge < -0.3 is 10.5 Å². The number of hydrogen-bond acceptors (Lipinski definition) is 5. The van der Waals surface area contributed by atoms with Gasteiger partial charge in [-0.25, -0.2) is 4.99 Å². The fraction of sp³-hybridized carbons (Fsp3) is 0.150. The van der Waals surface area contributed by atoms with Gasteiger partial charge >= 0.3 is 0 Å². The van der Waals surface area contributed by atoms with Gasteiger partial charge in [0, 0.05) is 7.05 Å². The van der Waals surface area contributed by atoms with E-state index in [1.54, 1.807) is 30.2 Å². The summed E-state index contributed by atoms with van der Waals surface area (Å²) in [4.78, 5) is 29.9. The molecule has 2 N–H and O–H groups in total. The Balaban J connectivity index is 1.75. The highest BCUT2D eigenvalue weighted by Gasteiger charge is 2.30. The molecule has 0 radical (unpaired) electrons. The average molecular weight is 381 g/mol. The van der Waals surface area contributed by atoms with Gasteiger partial charge in [0.15, 0.2) is 11.8 Å². The standard InChI is InChI=1S/C20H19N3O3S/c1-13-3-7-15(8-4-13)22-20-23(2)19(25)17(27-20)11-14-5-9-16(10-6-14)26-12-18(21)24/h3-11H,12H2,1-2H3,(H2,21,24)/b17-11-,22-20?. The van der Waals surface area contributed by atoms with E-state index in [9.17, 15) is 9.59 Å². The van der Waals surface area contributed by atoms with E-state index in [-0.39, 0.29) is 12.5 Å². The number of rotatable bonds is 5. The zero-order valence-electron chi connectivity index (χ0n) is 15.0. The molecule has 7 heteroatoms. The van der Waals surface area contributed by atoms with Crippen LogP contribution in [0.15, 0.2) is 58.4 Å². The number of carbonyl (C=O) groups is 2. The van der Waals surface area contributed by atoms with Crippen LogP contribution >= 0.6 is 11.8 Å². The highest BCUT2D eigenvalue weighted by atomic mass is 32.2. The van der Waals surface area contributed by atoms with Crippen molar-refractivity contribution in [2.75, 3.05) is 13.7 Å². The van der Waals surface area contributed by atoms with Crippen LogP contribution in [0.1, 0.15) is 11.1 Å². The van der Waals surface area contributed by atoms with Gasteiger partial charge in [-0.05, 0) is 54.6 Å². The zero-order chi connectivity index (χ0) is 19.4. The summed E-state index contributed by atoms with van der Waals surface area (Å²) in [6.07, 6.45) is 1.80. The van der Waals surface area contributed by atoms with Crippen molar-refractivity contribution in [2.45, 2.75) is 6.92 Å². The van der Waals surface area contributed by atoms with Crippen molar-refractivity contribution in [3.8, 4) is 5.75 Å². The number of aliphatic imine (C=N–C) groups is 1. The van der Waals surface area contributed by atoms with E-state index < -0.39 is 5.91 Å². The van der Waals surface area contributed by atoms with Gasteiger partial charge in [0.25, 0.3) is 11.8 Å². The Morgan fingerprint density at radius 1 is 1.19 bits per heavy atom. The third-order valence-electron chi connectivity index (χ3n) is 3.82. The average Bonchev–Trinajstić information content (AvgIpc) is 2.91. The molecule has 2 amide bonds. The lowest BCUT2D eigenvalue weighted by Crippen LogP contribution is -2.23. The van der Waals surface area contributed by atoms with Gasteiger partial charge in [-0.2, -0.15) is 0 Å². The maximum atomic E-state index is 12.5. The third kappa shape index (κ3) is 4.77. The van der Waals surface area contributed by atoms with E-state index in [1.807, 2.05) is 43.3 Å². The van der Waals surface area contributed by atoms with Crippen molar-refractivity contribution in [3.05, 3.63) is 64.6 Å². The number of likely N-dealkylation sites (N-methyl/N-ethyl adjacent to an activating group) is 1. The van der Waals surface area contributed by atoms with E-state index in [2.05, 4.69) is 4.99 Å². The highest BCUT2D eigenvalue weighted by Crippen LogP contribution is 2.33. The quantitative estimate of drug-likeness (QED) is 0.807. The Kier molecular flexibility index (Phi) is 5.61. The fourth-order valence-electron chi connectivity index (χ4n) is 2.35. The van der Waals surface area contributed by atoms with Crippen LogP contribution in [-0.4, -0.2) is 35.5 Å². The molecule has 2 aromatic carbocycles. The molecule has 138 valence electrons. The maximum Gasteiger partial charge on any atom is 0.266 e. The van der Waals surface area contributed by atoms with Gasteiger partial charge in [-0.3, -0.25) is 14.5 Å². The normalized spacial score (nSPS) is 17.0. The maximum absolute atomic E-state index is 12.5. The van der Waals surface area contributed by atoms with Crippen molar-refractivity contribution < 1.29 is 14.3 Å². The number of amides is 2. The van der Waals surface area contributed by atoms with Gasteiger partial charge in [0.05, 0.1) is 10.6 Å². The van der Waals surface area contributed by atoms with Crippen LogP contribution in [0.5, 0.6) is 5.75 Å². The number of hydrogen-bond donors (Lipinski definition) is 1. The Labute approximate surface area is 161 Å². The summed E-state index contributed by atoms with van der Waals surface area (Å²) in [6, 6.07) is 14.9. The molecule has 3 rings (SSSR count). The topological polar surface area (TPSA) is 85.0 Å². The molecule has 1 heterocycles. The summed E-state index contributed by atoms with van der Waals surface area (Å²) < 4.78 is 5.23. The smallest absolute Gasteiger partial charge is 0.266 e. The number of nitrogens with zero attached hydrogens (tertiary/aromatic N) is 2. The first-order valence-electron chi connectivity index (χ1n) is 8.26. The summed E-state index contributed by atoms with van der Waals surface area (Å²) >= 11 is 1.33. The van der Waals surface area contributed by atoms with Crippen LogP contribution in [0.25, 0.3) is 6.08 Å². The number of nitrogens with two attached hydrogens (primary N) is 1. The molecule has 0 aliphatic carbocycles. The Hall–Kier alpha value is -3.06. The number of primary amides is 1. The number of aryl methyl sites for hydroxylation is 1. The molecular formula is C20H19N3O3S. The van der Waals surface area contributed by atoms with Crippen molar-refractivity contribution in [1.29, 1.82) is 0 Å². The molecule has 0 unspecified atom stereocenters. The lowest BCUT2D eigenvalue weighted by atomic mass is 10.2. The van der Waals surface area contributed by atoms with Gasteiger partial charge in [-0.15, -0.1) is 0 Å². The number of ether oxygens (including phenoxy) is 1. The van der Waals surface area contributed by atoms with Gasteiger partial charge in [0.1, 0.15) is 5.75 Å². The minimum atomic E-state index is -0.530. The minimum Gasteiger partial charge on any atom is -0.484 e. The van der Waals surface area contributed by atoms with Crippen LogP contribution in [0.4, 0.5) is 5.69 Å². The van der Waals surface area contributed by atoms with Crippen molar-refractivity contribution in [1.82, 2.24) is 4.90 Å². The summed E-state index contributed by atoms with van der Waals surface area (Å²) in [6.45, 7) is 1.85. The van der Waals surface area contributed by atoms with Crippen LogP contribution in [-0.2, 0) is 9.59 Å². The van der Waals surface area contributed by atoms with E-state index >= 15 is 0 Å². The molecule has 1 fully saturated rings. The summed E-state index contributed by atoms with van der Waals surface area (Å²) in [5.74, 6) is -0.0856. The predicted molar refractivity (Wildman–Crippen MR) is 108 cm³/mol. The van der Waals surface area contributed by atoms with E-state index in [4.69, 9.17) is 10.5 Å². The SMILES string of the molecule is Cc1ccc(N=C2S/C(=C\c3ccc(OCC(N)=O)cc3)C(=O)N2C)cc1. The summed E-state index contributed by atoms with van der Waals surface area (Å²) in [5, 5.41) is 0.636. The second-order valence-electron chi connectivity index (χ2n) is 6.03. The Bertz CT molecular complexity index is 918. The van der Waals surface area contributed by atoms with E-state index in [0.29, 0.717) is 15.8 Å². The minimum absolute atomic E-state index is 0.0973. The molecule has 1 aliphatic heterocycles. The molecular weight excluding hydrogens is 362 g/mol. The van der Waals surface area contributed by atoms with Crippen molar-refractivity contribution in [2.24, 2.45) is 10.7 Å². The van der Waals surface area contributed by atoms with E-state index in [1.165, 1.54) is 11.8 Å². The molecule has 1 saturated heterocycles. The fourth-order valence-corrected chi connectivity index (χ4v) is 3.33. The van der Waals surface area contributed by atoms with Crippen molar-refractivity contribution >= 4 is 40.5 Å². The number of amidine groups is 1. The molecule has 0 spiro atoms. The van der Waals surface area contributed by atoms with Crippen LogP contribution in [0.3, 0.4) is 0 Å². The van der Waals surface area contributed by atoms with Crippen LogP contribution in [0.2, 0.25) is 0 Å². The number of benzene rings is 2. The number of thioether (sulfide) groups is 1. The molecule has 0 atom stereocenters. The third-order valence-corrected chi connectivity index (χ3v) is 4.88. The Morgan fingerprint density at radius 2 is 1.85 bits per heavy atom. The monoisotopic (exact) mass is 381 g/mol. The Morgan fingerprint density at radius 3 is 2.48 bits per heavy atom. The largest absolute Gasteiger partial charge is 0.484 e.